The molecule has 3 nitrogen and oxygen atoms in total. The molecular formula is C4H4Cl3NNa2O2S2. The molecule has 0 aliphatic carbocycles. The molecule has 0 aromatic rings. The number of aliphatic carboxylic acids is 1. The predicted octanol–water partition coefficient (Wildman–Crippen LogP) is -5.85. The van der Waals surface area contributed by atoms with Gasteiger partial charge in [-0.3, -0.25) is 0 Å². The van der Waals surface area contributed by atoms with Crippen LogP contribution in [0, 0.1) is 0 Å². The summed E-state index contributed by atoms with van der Waals surface area (Å²) in [4.78, 5) is 9.51. The molecule has 0 atom stereocenters. The Hall–Kier alpha value is 2.45. The average Bonchev–Trinajstić information content (AvgIpc) is 1.87. The molecular weight excluding hydrogens is 311 g/mol. The molecule has 0 unspecified atom stereocenters. The van der Waals surface area contributed by atoms with E-state index in [1.165, 1.54) is 0 Å². The Morgan fingerprint density at radius 2 is 1.57 bits per heavy atom. The molecule has 0 aromatic carbocycles. The maximum absolute atomic E-state index is 9.51. The van der Waals surface area contributed by atoms with Crippen molar-refractivity contribution in [1.82, 2.24) is 5.32 Å². The van der Waals surface area contributed by atoms with Gasteiger partial charge in [-0.1, -0.05) is 39.1 Å². The second-order valence-electron chi connectivity index (χ2n) is 1.32. The zero-order valence-corrected chi connectivity index (χ0v) is 15.7. The van der Waals surface area contributed by atoms with E-state index in [0.717, 1.165) is 0 Å². The number of halogens is 3. The van der Waals surface area contributed by atoms with E-state index < -0.39 is 9.76 Å². The molecule has 0 spiro atoms. The molecule has 0 radical (unpaired) electrons. The summed E-state index contributed by atoms with van der Waals surface area (Å²) < 4.78 is -1.86. The van der Waals surface area contributed by atoms with Crippen LogP contribution in [0.4, 0.5) is 0 Å². The van der Waals surface area contributed by atoms with Gasteiger partial charge in [0, 0.05) is 7.05 Å². The summed E-state index contributed by atoms with van der Waals surface area (Å²) in [6.45, 7) is 0. The molecule has 10 heteroatoms. The minimum atomic E-state index is -2.28. The van der Waals surface area contributed by atoms with E-state index in [2.05, 4.69) is 30.2 Å². The van der Waals surface area contributed by atoms with Gasteiger partial charge in [0.25, 0.3) is 0 Å². The number of hydrogen-bond donors (Lipinski definition) is 1. The Labute approximate surface area is 153 Å². The van der Waals surface area contributed by atoms with Gasteiger partial charge in [-0.2, -0.15) is 0 Å². The van der Waals surface area contributed by atoms with E-state index in [-0.39, 0.29) is 59.1 Å². The summed E-state index contributed by atoms with van der Waals surface area (Å²) in [5, 5.41) is 12.1. The van der Waals surface area contributed by atoms with Crippen LogP contribution in [-0.2, 0) is 17.4 Å². The molecule has 0 aliphatic heterocycles. The third kappa shape index (κ3) is 23.9. The molecule has 0 aliphatic rings. The van der Waals surface area contributed by atoms with Crippen molar-refractivity contribution in [2.24, 2.45) is 0 Å². The topological polar surface area (TPSA) is 52.2 Å². The van der Waals surface area contributed by atoms with E-state index in [0.29, 0.717) is 4.32 Å². The number of hydrogen-bond acceptors (Lipinski definition) is 4. The molecule has 0 amide bonds. The minimum Gasteiger partial charge on any atom is -0.545 e. The average molecular weight is 315 g/mol. The first kappa shape index (κ1) is 25.3. The van der Waals surface area contributed by atoms with E-state index in [1.54, 1.807) is 7.05 Å². The fourth-order valence-electron chi connectivity index (χ4n) is 0. The number of carbonyl (C=O) groups excluding carboxylic acids is 1. The summed E-state index contributed by atoms with van der Waals surface area (Å²) in [6, 6.07) is 0. The molecule has 0 fully saturated rings. The van der Waals surface area contributed by atoms with Crippen LogP contribution in [0.2, 0.25) is 0 Å². The van der Waals surface area contributed by atoms with Crippen LogP contribution in [0.5, 0.6) is 0 Å². The maximum atomic E-state index is 9.51. The van der Waals surface area contributed by atoms with Gasteiger partial charge in [0.2, 0.25) is 3.79 Å². The summed E-state index contributed by atoms with van der Waals surface area (Å²) in [5.41, 5.74) is 0. The van der Waals surface area contributed by atoms with Crippen LogP contribution in [0.15, 0.2) is 0 Å². The first-order valence-corrected chi connectivity index (χ1v) is 4.33. The Morgan fingerprint density at radius 3 is 1.57 bits per heavy atom. The normalized spacial score (nSPS) is 8.00. The third-order valence-electron chi connectivity index (χ3n) is 0.436. The Bertz CT molecular complexity index is 178. The van der Waals surface area contributed by atoms with E-state index in [1.807, 2.05) is 0 Å². The maximum Gasteiger partial charge on any atom is 1.00 e. The van der Waals surface area contributed by atoms with Gasteiger partial charge in [-0.25, -0.2) is 0 Å². The molecule has 0 saturated heterocycles. The monoisotopic (exact) mass is 313 g/mol. The van der Waals surface area contributed by atoms with Crippen molar-refractivity contribution in [3.63, 3.8) is 0 Å². The third-order valence-corrected chi connectivity index (χ3v) is 1.31. The zero-order chi connectivity index (χ0) is 10.4. The Kier molecular flexibility index (Phi) is 24.5. The summed E-state index contributed by atoms with van der Waals surface area (Å²) in [7, 11) is 1.70. The Morgan fingerprint density at radius 1 is 1.43 bits per heavy atom. The molecule has 0 saturated carbocycles. The van der Waals surface area contributed by atoms with Gasteiger partial charge in [-0.15, -0.1) is 0 Å². The summed E-state index contributed by atoms with van der Waals surface area (Å²) >= 11 is 23.0. The SMILES string of the molecule is CNC(=S)[S-].O=C([O-])C(Cl)(Cl)Cl.[Na+].[Na+]. The number of rotatable bonds is 0. The number of alkyl halides is 3. The van der Waals surface area contributed by atoms with Crippen molar-refractivity contribution < 1.29 is 69.0 Å². The molecule has 72 valence electrons. The van der Waals surface area contributed by atoms with Gasteiger partial charge in [0.05, 0.1) is 5.97 Å². The van der Waals surface area contributed by atoms with Gasteiger partial charge in [-0.05, 0) is 0 Å². The van der Waals surface area contributed by atoms with Crippen molar-refractivity contribution in [1.29, 1.82) is 0 Å². The van der Waals surface area contributed by atoms with Crippen molar-refractivity contribution in [3.05, 3.63) is 0 Å². The minimum absolute atomic E-state index is 0. The van der Waals surface area contributed by atoms with Crippen LogP contribution >= 0.6 is 47.0 Å². The smallest absolute Gasteiger partial charge is 0.545 e. The number of nitrogens with one attached hydrogen (secondary N) is 1. The molecule has 0 bridgehead atoms. The zero-order valence-electron chi connectivity index (χ0n) is 7.77. The first-order chi connectivity index (χ1) is 5.21. The van der Waals surface area contributed by atoms with Crippen molar-refractivity contribution >= 4 is 69.9 Å². The standard InChI is InChI=1S/C2HCl3O2.C2H5NS2.2Na/c3-2(4,5)1(6)7;1-3-2(4)5;;/h(H,6,7);1H3,(H2,3,4,5);;/q;;2*+1/p-2. The second kappa shape index (κ2) is 13.5. The molecule has 0 rings (SSSR count). The number of carbonyl (C=O) groups is 1. The van der Waals surface area contributed by atoms with Crippen LogP contribution in [0.1, 0.15) is 0 Å². The number of thiocarbonyl (C=S) groups is 1. The van der Waals surface area contributed by atoms with E-state index in [4.69, 9.17) is 34.8 Å². The van der Waals surface area contributed by atoms with Gasteiger partial charge in [0.15, 0.2) is 0 Å². The van der Waals surface area contributed by atoms with E-state index in [9.17, 15) is 9.90 Å². The van der Waals surface area contributed by atoms with Crippen LogP contribution < -0.4 is 69.5 Å². The Balaban J connectivity index is -0.0000000651. The van der Waals surface area contributed by atoms with Gasteiger partial charge in [0.1, 0.15) is 0 Å². The largest absolute Gasteiger partial charge is 1.00 e. The van der Waals surface area contributed by atoms with Crippen molar-refractivity contribution in [2.45, 2.75) is 3.79 Å². The number of carboxylic acids is 1. The van der Waals surface area contributed by atoms with Crippen LogP contribution in [0.3, 0.4) is 0 Å². The van der Waals surface area contributed by atoms with Crippen molar-refractivity contribution in [3.8, 4) is 0 Å². The van der Waals surface area contributed by atoms with Crippen LogP contribution in [0.25, 0.3) is 0 Å². The predicted molar refractivity (Wildman–Crippen MR) is 54.3 cm³/mol. The quantitative estimate of drug-likeness (QED) is 0.209. The molecule has 0 heterocycles. The van der Waals surface area contributed by atoms with Crippen molar-refractivity contribution in [2.75, 3.05) is 7.05 Å². The van der Waals surface area contributed by atoms with E-state index >= 15 is 0 Å². The molecule has 1 N–H and O–H groups in total. The van der Waals surface area contributed by atoms with Gasteiger partial charge < -0.3 is 40.1 Å². The molecule has 14 heavy (non-hydrogen) atoms. The molecule has 0 aromatic heterocycles. The summed E-state index contributed by atoms with van der Waals surface area (Å²) in [6.07, 6.45) is 0. The fraction of sp³-hybridized carbons (Fsp3) is 0.500. The fourth-order valence-corrected chi connectivity index (χ4v) is 0. The van der Waals surface area contributed by atoms with Gasteiger partial charge >= 0.3 is 59.1 Å². The second-order valence-corrected chi connectivity index (χ2v) is 4.68. The first-order valence-electron chi connectivity index (χ1n) is 2.38. The number of carboxylic acid groups (broad SMARTS) is 1. The van der Waals surface area contributed by atoms with Crippen LogP contribution in [-0.4, -0.2) is 21.1 Å². The summed E-state index contributed by atoms with van der Waals surface area (Å²) in [5.74, 6) is -1.71.